The van der Waals surface area contributed by atoms with Crippen LogP contribution in [0.15, 0.2) is 30.3 Å². The van der Waals surface area contributed by atoms with E-state index in [1.54, 1.807) is 7.05 Å². The molecule has 2 aromatic heterocycles. The topological polar surface area (TPSA) is 105 Å². The largest absolute Gasteiger partial charge is 0.382 e. The lowest BCUT2D eigenvalue weighted by atomic mass is 9.94. The molecule has 7 nitrogen and oxygen atoms in total. The van der Waals surface area contributed by atoms with Gasteiger partial charge in [-0.3, -0.25) is 4.79 Å². The molecule has 0 radical (unpaired) electrons. The first-order chi connectivity index (χ1) is 15.8. The highest BCUT2D eigenvalue weighted by Crippen LogP contribution is 2.39. The highest BCUT2D eigenvalue weighted by Gasteiger charge is 2.42. The number of amides is 1. The van der Waals surface area contributed by atoms with Gasteiger partial charge in [0.2, 0.25) is 5.60 Å². The average molecular weight is 439 g/mol. The van der Waals surface area contributed by atoms with Crippen molar-refractivity contribution >= 4 is 36.3 Å². The summed E-state index contributed by atoms with van der Waals surface area (Å²) in [6.07, 6.45) is 5.00. The number of likely N-dealkylation sites (tertiary alicyclic amines) is 1. The summed E-state index contributed by atoms with van der Waals surface area (Å²) in [5, 5.41) is 10.6. The fourth-order valence-corrected chi connectivity index (χ4v) is 4.87. The number of hydrogen-bond acceptors (Lipinski definition) is 6. The SMILES string of the molecule is Bc1nc(N)c2nc(-c3cccc(C#C[C@]4(O)CCN(C)C4=O)c3)cc(C3CCCC3)c2n1. The quantitative estimate of drug-likeness (QED) is 0.458. The van der Waals surface area contributed by atoms with Crippen LogP contribution in [0, 0.1) is 11.8 Å². The van der Waals surface area contributed by atoms with Gasteiger partial charge in [0.25, 0.3) is 5.91 Å². The number of carbonyl (C=O) groups excluding carboxylic acids is 1. The van der Waals surface area contributed by atoms with Gasteiger partial charge in [0.15, 0.2) is 13.7 Å². The van der Waals surface area contributed by atoms with Crippen molar-refractivity contribution in [2.45, 2.75) is 43.6 Å². The molecular formula is C25H26BN5O2. The second-order valence-electron chi connectivity index (χ2n) is 9.10. The zero-order chi connectivity index (χ0) is 23.2. The fourth-order valence-electron chi connectivity index (χ4n) is 4.87. The minimum atomic E-state index is -1.62. The Morgan fingerprint density at radius 2 is 1.97 bits per heavy atom. The number of carbonyl (C=O) groups is 1. The predicted molar refractivity (Wildman–Crippen MR) is 131 cm³/mol. The molecule has 1 aromatic carbocycles. The smallest absolute Gasteiger partial charge is 0.267 e. The number of fused-ring (bicyclic) bond motifs is 1. The van der Waals surface area contributed by atoms with Crippen LogP contribution in [0.1, 0.15) is 49.1 Å². The third-order valence-electron chi connectivity index (χ3n) is 6.70. The first-order valence-corrected chi connectivity index (χ1v) is 11.4. The van der Waals surface area contributed by atoms with E-state index in [1.165, 1.54) is 23.3 Å². The standard InChI is InChI=1S/C25H26BN5O2/c1-31-12-11-25(33,23(31)32)10-9-15-5-4-8-17(13-15)19-14-18(16-6-2-3-7-16)20-21(28-19)22(27)30-24(26)29-20/h4-5,8,13-14,16,33H,2-3,6-7,11-12,26H2,1H3,(H2,27,29,30)/t25-/m0/s1. The molecule has 0 spiro atoms. The molecule has 3 aromatic rings. The van der Waals surface area contributed by atoms with Crippen molar-refractivity contribution in [2.24, 2.45) is 0 Å². The van der Waals surface area contributed by atoms with E-state index < -0.39 is 5.60 Å². The Balaban J connectivity index is 1.58. The molecule has 0 unspecified atom stereocenters. The van der Waals surface area contributed by atoms with Gasteiger partial charge in [-0.1, -0.05) is 36.8 Å². The number of nitrogen functional groups attached to an aromatic ring is 1. The Bertz CT molecular complexity index is 1330. The molecule has 1 saturated heterocycles. The highest BCUT2D eigenvalue weighted by molar-refractivity contribution is 6.29. The molecule has 3 N–H and O–H groups in total. The number of aromatic nitrogens is 3. The number of anilines is 1. The van der Waals surface area contributed by atoms with Gasteiger partial charge in [0.05, 0.1) is 16.9 Å². The lowest BCUT2D eigenvalue weighted by Gasteiger charge is -2.16. The van der Waals surface area contributed by atoms with E-state index in [1.807, 2.05) is 32.1 Å². The normalized spacial score (nSPS) is 20.9. The molecule has 1 saturated carbocycles. The van der Waals surface area contributed by atoms with Gasteiger partial charge in [-0.25, -0.2) is 15.0 Å². The van der Waals surface area contributed by atoms with Crippen molar-refractivity contribution in [3.8, 4) is 23.1 Å². The number of nitrogens with zero attached hydrogens (tertiary/aromatic N) is 4. The number of aliphatic hydroxyl groups is 1. The van der Waals surface area contributed by atoms with Gasteiger partial charge >= 0.3 is 0 Å². The van der Waals surface area contributed by atoms with Crippen LogP contribution < -0.4 is 11.5 Å². The van der Waals surface area contributed by atoms with Gasteiger partial charge in [0.1, 0.15) is 5.52 Å². The second-order valence-corrected chi connectivity index (χ2v) is 9.10. The summed E-state index contributed by atoms with van der Waals surface area (Å²) in [6.45, 7) is 0.498. The molecule has 1 atom stereocenters. The zero-order valence-corrected chi connectivity index (χ0v) is 18.9. The molecule has 5 rings (SSSR count). The van der Waals surface area contributed by atoms with Crippen LogP contribution in [0.5, 0.6) is 0 Å². The fraction of sp³-hybridized carbons (Fsp3) is 0.360. The summed E-state index contributed by atoms with van der Waals surface area (Å²) in [4.78, 5) is 27.6. The second kappa shape index (κ2) is 8.16. The van der Waals surface area contributed by atoms with Crippen molar-refractivity contribution < 1.29 is 9.90 Å². The Hall–Kier alpha value is -3.44. The van der Waals surface area contributed by atoms with Gasteiger partial charge < -0.3 is 15.7 Å². The minimum Gasteiger partial charge on any atom is -0.382 e. The van der Waals surface area contributed by atoms with Crippen LogP contribution in [-0.2, 0) is 4.79 Å². The molecule has 1 aliphatic heterocycles. The summed E-state index contributed by atoms with van der Waals surface area (Å²) >= 11 is 0. The van der Waals surface area contributed by atoms with E-state index in [0.717, 1.165) is 29.6 Å². The average Bonchev–Trinajstić information content (AvgIpc) is 3.43. The monoisotopic (exact) mass is 439 g/mol. The highest BCUT2D eigenvalue weighted by atomic mass is 16.3. The Labute approximate surface area is 193 Å². The van der Waals surface area contributed by atoms with E-state index in [0.29, 0.717) is 41.5 Å². The Kier molecular flexibility index (Phi) is 5.30. The number of rotatable bonds is 2. The molecule has 3 heterocycles. The first-order valence-electron chi connectivity index (χ1n) is 11.4. The molecule has 166 valence electrons. The van der Waals surface area contributed by atoms with E-state index in [-0.39, 0.29) is 5.91 Å². The van der Waals surface area contributed by atoms with Crippen molar-refractivity contribution in [1.29, 1.82) is 0 Å². The van der Waals surface area contributed by atoms with Crippen LogP contribution in [0.3, 0.4) is 0 Å². The molecule has 2 fully saturated rings. The molecule has 2 aliphatic rings. The molecule has 1 amide bonds. The number of nitrogens with two attached hydrogens (primary N) is 1. The van der Waals surface area contributed by atoms with Crippen molar-refractivity contribution in [2.75, 3.05) is 19.3 Å². The maximum absolute atomic E-state index is 12.2. The Morgan fingerprint density at radius 3 is 2.70 bits per heavy atom. The van der Waals surface area contributed by atoms with Crippen LogP contribution in [0.4, 0.5) is 5.82 Å². The summed E-state index contributed by atoms with van der Waals surface area (Å²) in [6, 6.07) is 9.80. The maximum atomic E-state index is 12.2. The van der Waals surface area contributed by atoms with E-state index in [9.17, 15) is 9.90 Å². The lowest BCUT2D eigenvalue weighted by Crippen LogP contribution is -2.37. The van der Waals surface area contributed by atoms with Crippen LogP contribution in [-0.4, -0.2) is 57.9 Å². The minimum absolute atomic E-state index is 0.310. The molecule has 8 heteroatoms. The van der Waals surface area contributed by atoms with Gasteiger partial charge in [0, 0.05) is 31.1 Å². The third kappa shape index (κ3) is 3.94. The summed E-state index contributed by atoms with van der Waals surface area (Å²) in [7, 11) is 3.53. The van der Waals surface area contributed by atoms with E-state index >= 15 is 0 Å². The lowest BCUT2D eigenvalue weighted by molar-refractivity contribution is -0.137. The summed E-state index contributed by atoms with van der Waals surface area (Å²) < 4.78 is 0. The third-order valence-corrected chi connectivity index (χ3v) is 6.70. The van der Waals surface area contributed by atoms with Crippen LogP contribution >= 0.6 is 0 Å². The maximum Gasteiger partial charge on any atom is 0.267 e. The van der Waals surface area contributed by atoms with Crippen LogP contribution in [0.2, 0.25) is 0 Å². The molecule has 0 bridgehead atoms. The van der Waals surface area contributed by atoms with Gasteiger partial charge in [-0.05, 0) is 42.5 Å². The van der Waals surface area contributed by atoms with Crippen molar-refractivity contribution in [3.05, 3.63) is 41.5 Å². The predicted octanol–water partition coefficient (Wildman–Crippen LogP) is 1.13. The number of hydrogen-bond donors (Lipinski definition) is 2. The molecule has 33 heavy (non-hydrogen) atoms. The number of pyridine rings is 1. The van der Waals surface area contributed by atoms with Crippen molar-refractivity contribution in [1.82, 2.24) is 19.9 Å². The van der Waals surface area contributed by atoms with Gasteiger partial charge in [-0.2, -0.15) is 0 Å². The first kappa shape index (κ1) is 21.4. The zero-order valence-electron chi connectivity index (χ0n) is 18.9. The number of benzene rings is 1. The number of likely N-dealkylation sites (N-methyl/N-ethyl adjacent to an activating group) is 1. The van der Waals surface area contributed by atoms with E-state index in [4.69, 9.17) is 10.7 Å². The molecular weight excluding hydrogens is 413 g/mol. The Morgan fingerprint density at radius 1 is 1.18 bits per heavy atom. The van der Waals surface area contributed by atoms with Crippen LogP contribution in [0.25, 0.3) is 22.3 Å². The van der Waals surface area contributed by atoms with E-state index in [2.05, 4.69) is 27.9 Å². The summed E-state index contributed by atoms with van der Waals surface area (Å²) in [5.41, 5.74) is 10.3. The molecule has 1 aliphatic carbocycles. The summed E-state index contributed by atoms with van der Waals surface area (Å²) in [5.74, 6) is 6.25. The van der Waals surface area contributed by atoms with Crippen molar-refractivity contribution in [3.63, 3.8) is 0 Å². The van der Waals surface area contributed by atoms with Gasteiger partial charge in [-0.15, -0.1) is 0 Å².